The Morgan fingerprint density at radius 2 is 2.14 bits per heavy atom. The van der Waals surface area contributed by atoms with Crippen LogP contribution < -0.4 is 0 Å². The highest BCUT2D eigenvalue weighted by Crippen LogP contribution is 2.15. The number of oxazole rings is 1. The van der Waals surface area contributed by atoms with E-state index in [2.05, 4.69) is 9.72 Å². The molecule has 6 nitrogen and oxygen atoms in total. The van der Waals surface area contributed by atoms with Gasteiger partial charge in [0, 0.05) is 25.2 Å². The SMILES string of the molecule is CCN(CCC(=O)OC)C(=O)/C=C/c1nc2ccccc2o1. The number of likely N-dealkylation sites (N-methyl/N-ethyl adjacent to an activating group) is 1. The van der Waals surface area contributed by atoms with Crippen molar-refractivity contribution in [1.82, 2.24) is 9.88 Å². The number of rotatable bonds is 6. The maximum absolute atomic E-state index is 12.1. The number of ether oxygens (including phenoxy) is 1. The molecule has 0 unspecified atom stereocenters. The molecule has 22 heavy (non-hydrogen) atoms. The molecule has 1 heterocycles. The minimum Gasteiger partial charge on any atom is -0.469 e. The first-order valence-electron chi connectivity index (χ1n) is 7.03. The molecule has 0 atom stereocenters. The first-order valence-corrected chi connectivity index (χ1v) is 7.03. The van der Waals surface area contributed by atoms with Gasteiger partial charge in [0.2, 0.25) is 11.8 Å². The summed E-state index contributed by atoms with van der Waals surface area (Å²) in [6, 6.07) is 7.38. The molecule has 2 rings (SSSR count). The van der Waals surface area contributed by atoms with Crippen LogP contribution in [0.1, 0.15) is 19.2 Å². The number of aromatic nitrogens is 1. The van der Waals surface area contributed by atoms with E-state index in [4.69, 9.17) is 4.42 Å². The maximum atomic E-state index is 12.1. The van der Waals surface area contributed by atoms with E-state index in [0.29, 0.717) is 24.6 Å². The van der Waals surface area contributed by atoms with Crippen molar-refractivity contribution in [2.24, 2.45) is 0 Å². The standard InChI is InChI=1S/C16H18N2O4/c1-3-18(11-10-16(20)21-2)15(19)9-8-14-17-12-6-4-5-7-13(12)22-14/h4-9H,3,10-11H2,1-2H3/b9-8+. The maximum Gasteiger partial charge on any atom is 0.307 e. The normalized spacial score (nSPS) is 11.0. The molecule has 2 aromatic rings. The molecule has 0 saturated carbocycles. The Balaban J connectivity index is 2.00. The van der Waals surface area contributed by atoms with Crippen molar-refractivity contribution < 1.29 is 18.7 Å². The van der Waals surface area contributed by atoms with Crippen LogP contribution in [0.2, 0.25) is 0 Å². The number of benzene rings is 1. The molecule has 0 spiro atoms. The summed E-state index contributed by atoms with van der Waals surface area (Å²) in [4.78, 5) is 29.0. The Hall–Kier alpha value is -2.63. The summed E-state index contributed by atoms with van der Waals surface area (Å²) in [5.74, 6) is -0.165. The second kappa shape index (κ2) is 7.40. The molecule has 0 aliphatic heterocycles. The lowest BCUT2D eigenvalue weighted by atomic mass is 10.3. The molecule has 0 saturated heterocycles. The summed E-state index contributed by atoms with van der Waals surface area (Å²) < 4.78 is 10.1. The minimum absolute atomic E-state index is 0.173. The van der Waals surface area contributed by atoms with Crippen LogP contribution in [0, 0.1) is 0 Å². The van der Waals surface area contributed by atoms with Crippen molar-refractivity contribution in [2.75, 3.05) is 20.2 Å². The smallest absolute Gasteiger partial charge is 0.307 e. The summed E-state index contributed by atoms with van der Waals surface area (Å²) in [6.45, 7) is 2.68. The average molecular weight is 302 g/mol. The molecule has 1 aromatic carbocycles. The summed E-state index contributed by atoms with van der Waals surface area (Å²) in [5, 5.41) is 0. The van der Waals surface area contributed by atoms with Gasteiger partial charge in [0.15, 0.2) is 5.58 Å². The fourth-order valence-corrected chi connectivity index (χ4v) is 1.96. The fourth-order valence-electron chi connectivity index (χ4n) is 1.96. The summed E-state index contributed by atoms with van der Waals surface area (Å²) >= 11 is 0. The molecular formula is C16H18N2O4. The monoisotopic (exact) mass is 302 g/mol. The van der Waals surface area contributed by atoms with Gasteiger partial charge in [0.25, 0.3) is 0 Å². The lowest BCUT2D eigenvalue weighted by molar-refractivity contribution is -0.141. The Morgan fingerprint density at radius 3 is 2.82 bits per heavy atom. The molecule has 1 amide bonds. The second-order valence-electron chi connectivity index (χ2n) is 4.60. The summed E-state index contributed by atoms with van der Waals surface area (Å²) in [6.07, 6.45) is 3.10. The van der Waals surface area contributed by atoms with Crippen molar-refractivity contribution in [3.05, 3.63) is 36.2 Å². The largest absolute Gasteiger partial charge is 0.469 e. The number of hydrogen-bond acceptors (Lipinski definition) is 5. The van der Waals surface area contributed by atoms with Crippen molar-refractivity contribution in [1.29, 1.82) is 0 Å². The Morgan fingerprint density at radius 1 is 1.36 bits per heavy atom. The zero-order chi connectivity index (χ0) is 15.9. The molecule has 0 bridgehead atoms. The van der Waals surface area contributed by atoms with Crippen molar-refractivity contribution in [3.63, 3.8) is 0 Å². The molecule has 116 valence electrons. The summed E-state index contributed by atoms with van der Waals surface area (Å²) in [7, 11) is 1.33. The Kier molecular flexibility index (Phi) is 5.30. The molecular weight excluding hydrogens is 284 g/mol. The van der Waals surface area contributed by atoms with E-state index in [1.165, 1.54) is 19.3 Å². The summed E-state index contributed by atoms with van der Waals surface area (Å²) in [5.41, 5.74) is 1.42. The van der Waals surface area contributed by atoms with Crippen LogP contribution in [0.4, 0.5) is 0 Å². The van der Waals surface area contributed by atoms with Gasteiger partial charge < -0.3 is 14.1 Å². The van der Waals surface area contributed by atoms with Gasteiger partial charge >= 0.3 is 5.97 Å². The van der Waals surface area contributed by atoms with Crippen molar-refractivity contribution in [2.45, 2.75) is 13.3 Å². The molecule has 0 fully saturated rings. The highest BCUT2D eigenvalue weighted by atomic mass is 16.5. The molecule has 0 N–H and O–H groups in total. The number of methoxy groups -OCH3 is 1. The lowest BCUT2D eigenvalue weighted by Crippen LogP contribution is -2.31. The average Bonchev–Trinajstić information content (AvgIpc) is 2.96. The number of esters is 1. The zero-order valence-corrected chi connectivity index (χ0v) is 12.6. The van der Waals surface area contributed by atoms with E-state index < -0.39 is 0 Å². The van der Waals surface area contributed by atoms with Gasteiger partial charge in [-0.15, -0.1) is 0 Å². The van der Waals surface area contributed by atoms with Crippen LogP contribution >= 0.6 is 0 Å². The lowest BCUT2D eigenvalue weighted by Gasteiger charge is -2.18. The van der Waals surface area contributed by atoms with Crippen LogP contribution in [-0.4, -0.2) is 42.0 Å². The van der Waals surface area contributed by atoms with Gasteiger partial charge in [-0.3, -0.25) is 9.59 Å². The van der Waals surface area contributed by atoms with Crippen LogP contribution in [0.5, 0.6) is 0 Å². The number of fused-ring (bicyclic) bond motifs is 1. The van der Waals surface area contributed by atoms with Crippen LogP contribution in [0.15, 0.2) is 34.8 Å². The Bertz CT molecular complexity index is 657. The number of amides is 1. The van der Waals surface area contributed by atoms with E-state index in [-0.39, 0.29) is 18.3 Å². The van der Waals surface area contributed by atoms with Crippen LogP contribution in [0.25, 0.3) is 17.2 Å². The molecule has 0 aliphatic rings. The zero-order valence-electron chi connectivity index (χ0n) is 12.6. The van der Waals surface area contributed by atoms with Crippen LogP contribution in [0.3, 0.4) is 0 Å². The predicted molar refractivity (Wildman–Crippen MR) is 81.9 cm³/mol. The second-order valence-corrected chi connectivity index (χ2v) is 4.60. The molecule has 0 aliphatic carbocycles. The van der Waals surface area contributed by atoms with E-state index >= 15 is 0 Å². The number of para-hydroxylation sites is 2. The van der Waals surface area contributed by atoms with Crippen molar-refractivity contribution in [3.8, 4) is 0 Å². The predicted octanol–water partition coefficient (Wildman–Crippen LogP) is 2.25. The number of carbonyl (C=O) groups excluding carboxylic acids is 2. The number of nitrogens with zero attached hydrogens (tertiary/aromatic N) is 2. The van der Waals surface area contributed by atoms with E-state index in [1.807, 2.05) is 31.2 Å². The Labute approximate surface area is 128 Å². The molecule has 6 heteroatoms. The quantitative estimate of drug-likeness (QED) is 0.604. The van der Waals surface area contributed by atoms with Crippen LogP contribution in [-0.2, 0) is 14.3 Å². The van der Waals surface area contributed by atoms with E-state index in [9.17, 15) is 9.59 Å². The number of carbonyl (C=O) groups is 2. The topological polar surface area (TPSA) is 72.6 Å². The van der Waals surface area contributed by atoms with Gasteiger partial charge in [-0.25, -0.2) is 4.98 Å². The van der Waals surface area contributed by atoms with Gasteiger partial charge in [-0.1, -0.05) is 12.1 Å². The third-order valence-corrected chi connectivity index (χ3v) is 3.19. The molecule has 1 aromatic heterocycles. The van der Waals surface area contributed by atoms with Gasteiger partial charge in [-0.2, -0.15) is 0 Å². The van der Waals surface area contributed by atoms with E-state index in [0.717, 1.165) is 5.52 Å². The third kappa shape index (κ3) is 3.94. The third-order valence-electron chi connectivity index (χ3n) is 3.19. The first kappa shape index (κ1) is 15.8. The number of hydrogen-bond donors (Lipinski definition) is 0. The minimum atomic E-state index is -0.339. The first-order chi connectivity index (χ1) is 10.6. The highest BCUT2D eigenvalue weighted by Gasteiger charge is 2.11. The van der Waals surface area contributed by atoms with Gasteiger partial charge in [0.1, 0.15) is 5.52 Å². The highest BCUT2D eigenvalue weighted by molar-refractivity contribution is 5.91. The van der Waals surface area contributed by atoms with E-state index in [1.54, 1.807) is 4.90 Å². The molecule has 0 radical (unpaired) electrons. The fraction of sp³-hybridized carbons (Fsp3) is 0.312. The van der Waals surface area contributed by atoms with Gasteiger partial charge in [0.05, 0.1) is 13.5 Å². The van der Waals surface area contributed by atoms with Gasteiger partial charge in [-0.05, 0) is 19.1 Å². The van der Waals surface area contributed by atoms with Crippen molar-refractivity contribution >= 4 is 29.1 Å².